The van der Waals surface area contributed by atoms with Gasteiger partial charge in [0.2, 0.25) is 0 Å². The summed E-state index contributed by atoms with van der Waals surface area (Å²) >= 11 is 12.1. The molecule has 4 rings (SSSR count). The van der Waals surface area contributed by atoms with E-state index in [1.54, 1.807) is 60.7 Å². The largest absolute Gasteiger partial charge is 0.507 e. The predicted octanol–water partition coefficient (Wildman–Crippen LogP) is 5.33. The third-order valence-electron chi connectivity index (χ3n) is 4.88. The molecule has 0 saturated carbocycles. The van der Waals surface area contributed by atoms with Gasteiger partial charge >= 0.3 is 0 Å². The number of hydrogen-bond acceptors (Lipinski definition) is 4. The smallest absolute Gasteiger partial charge is 0.300 e. The molecule has 3 aromatic rings. The Labute approximate surface area is 182 Å². The van der Waals surface area contributed by atoms with Crippen molar-refractivity contribution in [3.8, 4) is 5.75 Å². The first-order chi connectivity index (χ1) is 14.4. The third kappa shape index (κ3) is 3.43. The Morgan fingerprint density at radius 1 is 0.900 bits per heavy atom. The van der Waals surface area contributed by atoms with Crippen molar-refractivity contribution in [2.24, 2.45) is 0 Å². The Kier molecular flexibility index (Phi) is 5.24. The van der Waals surface area contributed by atoms with E-state index in [0.717, 1.165) is 0 Å². The molecular formula is C23H15Cl2NO4. The number of aliphatic hydroxyl groups is 1. The number of rotatable bonds is 3. The van der Waals surface area contributed by atoms with Gasteiger partial charge < -0.3 is 10.2 Å². The molecule has 1 amide bonds. The standard InChI is InChI=1S/C23H15Cl2NO4/c24-15-7-9-16(10-8-15)26-20(14-6-11-18(27)17(25)12-14)19(22(29)23(26)30)21(28)13-4-2-1-3-5-13/h1-12,20,27-28H/b21-19-. The second-order valence-corrected chi connectivity index (χ2v) is 7.57. The Morgan fingerprint density at radius 3 is 2.20 bits per heavy atom. The number of hydrogen-bond donors (Lipinski definition) is 2. The summed E-state index contributed by atoms with van der Waals surface area (Å²) in [6.45, 7) is 0. The molecule has 3 aromatic carbocycles. The van der Waals surface area contributed by atoms with E-state index in [0.29, 0.717) is 21.8 Å². The van der Waals surface area contributed by atoms with E-state index < -0.39 is 17.7 Å². The minimum absolute atomic E-state index is 0.0638. The lowest BCUT2D eigenvalue weighted by Crippen LogP contribution is -2.29. The molecule has 1 fully saturated rings. The van der Waals surface area contributed by atoms with E-state index in [9.17, 15) is 19.8 Å². The lowest BCUT2D eigenvalue weighted by atomic mass is 9.95. The molecule has 1 aliphatic rings. The van der Waals surface area contributed by atoms with Crippen LogP contribution in [0.2, 0.25) is 10.0 Å². The summed E-state index contributed by atoms with van der Waals surface area (Å²) in [6, 6.07) is 18.4. The lowest BCUT2D eigenvalue weighted by Gasteiger charge is -2.25. The maximum atomic E-state index is 13.0. The predicted molar refractivity (Wildman–Crippen MR) is 116 cm³/mol. The van der Waals surface area contributed by atoms with Crippen LogP contribution in [0.4, 0.5) is 5.69 Å². The fraction of sp³-hybridized carbons (Fsp3) is 0.0435. The van der Waals surface area contributed by atoms with Gasteiger partial charge in [-0.2, -0.15) is 0 Å². The van der Waals surface area contributed by atoms with Crippen molar-refractivity contribution in [1.82, 2.24) is 0 Å². The summed E-state index contributed by atoms with van der Waals surface area (Å²) in [5.41, 5.74) is 1.23. The average Bonchev–Trinajstić information content (AvgIpc) is 3.02. The first-order valence-corrected chi connectivity index (χ1v) is 9.74. The number of nitrogens with zero attached hydrogens (tertiary/aromatic N) is 1. The number of carbonyl (C=O) groups excluding carboxylic acids is 2. The molecule has 30 heavy (non-hydrogen) atoms. The number of aliphatic hydroxyl groups excluding tert-OH is 1. The summed E-state index contributed by atoms with van der Waals surface area (Å²) in [5, 5.41) is 21.3. The molecule has 0 spiro atoms. The normalized spacial score (nSPS) is 18.1. The van der Waals surface area contributed by atoms with Gasteiger partial charge in [0, 0.05) is 16.3 Å². The summed E-state index contributed by atoms with van der Waals surface area (Å²) in [5.74, 6) is -2.03. The van der Waals surface area contributed by atoms with Crippen LogP contribution in [-0.2, 0) is 9.59 Å². The molecule has 1 heterocycles. The molecule has 0 aromatic heterocycles. The molecule has 0 radical (unpaired) electrons. The number of aromatic hydroxyl groups is 1. The number of phenols is 1. The van der Waals surface area contributed by atoms with Gasteiger partial charge in [-0.25, -0.2) is 0 Å². The van der Waals surface area contributed by atoms with Crippen LogP contribution < -0.4 is 4.90 Å². The second-order valence-electron chi connectivity index (χ2n) is 6.72. The van der Waals surface area contributed by atoms with Gasteiger partial charge in [-0.1, -0.05) is 59.6 Å². The van der Waals surface area contributed by atoms with E-state index in [4.69, 9.17) is 23.2 Å². The monoisotopic (exact) mass is 439 g/mol. The van der Waals surface area contributed by atoms with E-state index >= 15 is 0 Å². The molecule has 0 bridgehead atoms. The maximum absolute atomic E-state index is 13.0. The topological polar surface area (TPSA) is 77.8 Å². The van der Waals surface area contributed by atoms with Gasteiger partial charge in [0.25, 0.3) is 11.7 Å². The number of Topliss-reactive ketones (excluding diaryl/α,β-unsaturated/α-hetero) is 1. The number of anilines is 1. The Morgan fingerprint density at radius 2 is 1.57 bits per heavy atom. The molecule has 1 unspecified atom stereocenters. The van der Waals surface area contributed by atoms with Crippen LogP contribution in [0, 0.1) is 0 Å². The molecule has 0 aliphatic carbocycles. The van der Waals surface area contributed by atoms with Gasteiger partial charge in [-0.05, 0) is 42.0 Å². The number of phenolic OH excluding ortho intramolecular Hbond substituents is 1. The molecule has 5 nitrogen and oxygen atoms in total. The highest BCUT2D eigenvalue weighted by Gasteiger charge is 2.47. The summed E-state index contributed by atoms with van der Waals surface area (Å²) < 4.78 is 0. The highest BCUT2D eigenvalue weighted by molar-refractivity contribution is 6.51. The van der Waals surface area contributed by atoms with Gasteiger partial charge in [-0.15, -0.1) is 0 Å². The van der Waals surface area contributed by atoms with Crippen LogP contribution in [0.3, 0.4) is 0 Å². The van der Waals surface area contributed by atoms with Crippen molar-refractivity contribution in [2.45, 2.75) is 6.04 Å². The quantitative estimate of drug-likeness (QED) is 0.328. The van der Waals surface area contributed by atoms with Gasteiger partial charge in [0.05, 0.1) is 16.6 Å². The van der Waals surface area contributed by atoms with E-state index in [1.165, 1.54) is 17.0 Å². The van der Waals surface area contributed by atoms with Crippen molar-refractivity contribution >= 4 is 46.3 Å². The Hall–Kier alpha value is -3.28. The lowest BCUT2D eigenvalue weighted by molar-refractivity contribution is -0.132. The van der Waals surface area contributed by atoms with Crippen LogP contribution in [0.5, 0.6) is 5.75 Å². The third-order valence-corrected chi connectivity index (χ3v) is 5.44. The average molecular weight is 440 g/mol. The van der Waals surface area contributed by atoms with Crippen LogP contribution in [0.25, 0.3) is 5.76 Å². The fourth-order valence-corrected chi connectivity index (χ4v) is 3.78. The number of carbonyl (C=O) groups is 2. The molecule has 150 valence electrons. The van der Waals surface area contributed by atoms with Crippen LogP contribution in [0.15, 0.2) is 78.4 Å². The summed E-state index contributed by atoms with van der Waals surface area (Å²) in [7, 11) is 0. The minimum atomic E-state index is -0.940. The number of amides is 1. The van der Waals surface area contributed by atoms with Gasteiger partial charge in [0.15, 0.2) is 0 Å². The Bertz CT molecular complexity index is 1170. The van der Waals surface area contributed by atoms with E-state index in [2.05, 4.69) is 0 Å². The molecule has 1 aliphatic heterocycles. The number of halogens is 2. The van der Waals surface area contributed by atoms with Crippen molar-refractivity contribution in [2.75, 3.05) is 4.90 Å². The molecular weight excluding hydrogens is 425 g/mol. The van der Waals surface area contributed by atoms with Crippen molar-refractivity contribution < 1.29 is 19.8 Å². The summed E-state index contributed by atoms with van der Waals surface area (Å²) in [6.07, 6.45) is 0. The molecule has 1 saturated heterocycles. The van der Waals surface area contributed by atoms with Crippen LogP contribution >= 0.6 is 23.2 Å². The van der Waals surface area contributed by atoms with E-state index in [-0.39, 0.29) is 22.1 Å². The first-order valence-electron chi connectivity index (χ1n) is 8.99. The summed E-state index contributed by atoms with van der Waals surface area (Å²) in [4.78, 5) is 27.3. The van der Waals surface area contributed by atoms with Crippen molar-refractivity contribution in [3.05, 3.63) is 99.5 Å². The fourth-order valence-electron chi connectivity index (χ4n) is 3.46. The van der Waals surface area contributed by atoms with Crippen LogP contribution in [0.1, 0.15) is 17.2 Å². The number of benzene rings is 3. The van der Waals surface area contributed by atoms with E-state index in [1.807, 2.05) is 0 Å². The number of ketones is 1. The minimum Gasteiger partial charge on any atom is -0.507 e. The van der Waals surface area contributed by atoms with Gasteiger partial charge in [-0.3, -0.25) is 14.5 Å². The van der Waals surface area contributed by atoms with Crippen LogP contribution in [-0.4, -0.2) is 21.9 Å². The zero-order chi connectivity index (χ0) is 21.4. The van der Waals surface area contributed by atoms with Crippen molar-refractivity contribution in [3.63, 3.8) is 0 Å². The highest BCUT2D eigenvalue weighted by atomic mass is 35.5. The molecule has 1 atom stereocenters. The maximum Gasteiger partial charge on any atom is 0.300 e. The highest BCUT2D eigenvalue weighted by Crippen LogP contribution is 2.43. The van der Waals surface area contributed by atoms with Gasteiger partial charge in [0.1, 0.15) is 11.5 Å². The zero-order valence-corrected chi connectivity index (χ0v) is 16.9. The SMILES string of the molecule is O=C1C(=O)N(c2ccc(Cl)cc2)C(c2ccc(O)c(Cl)c2)/C1=C(/O)c1ccccc1. The Balaban J connectivity index is 1.96. The first kappa shape index (κ1) is 20.0. The van der Waals surface area contributed by atoms with Crippen molar-refractivity contribution in [1.29, 1.82) is 0 Å². The molecule has 2 N–H and O–H groups in total. The zero-order valence-electron chi connectivity index (χ0n) is 15.4. The second kappa shape index (κ2) is 7.86. The molecule has 7 heteroatoms.